The Bertz CT molecular complexity index is 617. The zero-order valence-corrected chi connectivity index (χ0v) is 9.90. The quantitative estimate of drug-likeness (QED) is 0.900. The Morgan fingerprint density at radius 3 is 2.59 bits per heavy atom. The molecule has 0 amide bonds. The molecule has 2 N–H and O–H groups in total. The largest absolute Gasteiger partial charge is 0.495 e. The van der Waals surface area contributed by atoms with E-state index in [0.717, 1.165) is 5.56 Å². The van der Waals surface area contributed by atoms with Crippen molar-refractivity contribution >= 4 is 10.0 Å². The molecular formula is C11H11NO4S. The number of methoxy groups -OCH3 is 1. The van der Waals surface area contributed by atoms with Gasteiger partial charge in [-0.05, 0) is 30.3 Å². The Morgan fingerprint density at radius 1 is 1.29 bits per heavy atom. The number of ether oxygens (including phenoxy) is 1. The standard InChI is InChI=1S/C11H11NO4S/c1-15-10-7-8(9-3-2-6-16-9)4-5-11(10)17(12,13)14/h2-7H,1H3,(H2,12,13,14). The highest BCUT2D eigenvalue weighted by Gasteiger charge is 2.16. The van der Waals surface area contributed by atoms with Crippen molar-refractivity contribution in [2.24, 2.45) is 5.14 Å². The average Bonchev–Trinajstić information content (AvgIpc) is 2.80. The van der Waals surface area contributed by atoms with E-state index in [4.69, 9.17) is 14.3 Å². The second-order valence-corrected chi connectivity index (χ2v) is 4.92. The van der Waals surface area contributed by atoms with Crippen LogP contribution in [-0.2, 0) is 10.0 Å². The van der Waals surface area contributed by atoms with Gasteiger partial charge in [-0.1, -0.05) is 0 Å². The lowest BCUT2D eigenvalue weighted by Crippen LogP contribution is -2.13. The third kappa shape index (κ3) is 2.32. The van der Waals surface area contributed by atoms with Gasteiger partial charge in [-0.2, -0.15) is 0 Å². The number of hydrogen-bond acceptors (Lipinski definition) is 4. The van der Waals surface area contributed by atoms with E-state index in [1.54, 1.807) is 24.3 Å². The van der Waals surface area contributed by atoms with Crippen molar-refractivity contribution in [2.45, 2.75) is 4.90 Å². The zero-order valence-electron chi connectivity index (χ0n) is 9.08. The number of rotatable bonds is 3. The number of hydrogen-bond donors (Lipinski definition) is 1. The maximum atomic E-state index is 11.3. The summed E-state index contributed by atoms with van der Waals surface area (Å²) >= 11 is 0. The second-order valence-electron chi connectivity index (χ2n) is 3.39. The number of furan rings is 1. The Morgan fingerprint density at radius 2 is 2.06 bits per heavy atom. The van der Waals surface area contributed by atoms with E-state index in [1.807, 2.05) is 0 Å². The molecule has 5 nitrogen and oxygen atoms in total. The second kappa shape index (κ2) is 4.23. The lowest BCUT2D eigenvalue weighted by molar-refractivity contribution is 0.403. The summed E-state index contributed by atoms with van der Waals surface area (Å²) in [5.74, 6) is 0.825. The van der Waals surface area contributed by atoms with Gasteiger partial charge in [0.2, 0.25) is 10.0 Å². The van der Waals surface area contributed by atoms with E-state index in [9.17, 15) is 8.42 Å². The molecule has 1 aromatic heterocycles. The van der Waals surface area contributed by atoms with Gasteiger partial charge >= 0.3 is 0 Å². The molecule has 6 heteroatoms. The van der Waals surface area contributed by atoms with Crippen molar-refractivity contribution < 1.29 is 17.6 Å². The summed E-state index contributed by atoms with van der Waals surface area (Å²) in [6.07, 6.45) is 1.54. The maximum Gasteiger partial charge on any atom is 0.241 e. The highest BCUT2D eigenvalue weighted by molar-refractivity contribution is 7.89. The normalized spacial score (nSPS) is 11.4. The van der Waals surface area contributed by atoms with Gasteiger partial charge in [-0.25, -0.2) is 13.6 Å². The Kier molecular flexibility index (Phi) is 2.91. The van der Waals surface area contributed by atoms with Gasteiger partial charge in [0.1, 0.15) is 16.4 Å². The highest BCUT2D eigenvalue weighted by Crippen LogP contribution is 2.29. The SMILES string of the molecule is COc1cc(-c2ccco2)ccc1S(N)(=O)=O. The maximum absolute atomic E-state index is 11.3. The van der Waals surface area contributed by atoms with Crippen molar-refractivity contribution in [3.05, 3.63) is 36.6 Å². The minimum Gasteiger partial charge on any atom is -0.495 e. The lowest BCUT2D eigenvalue weighted by atomic mass is 10.1. The van der Waals surface area contributed by atoms with Gasteiger partial charge in [0, 0.05) is 5.56 Å². The van der Waals surface area contributed by atoms with Gasteiger partial charge in [-0.15, -0.1) is 0 Å². The Hall–Kier alpha value is -1.79. The van der Waals surface area contributed by atoms with E-state index in [2.05, 4.69) is 0 Å². The Labute approximate surface area is 98.9 Å². The summed E-state index contributed by atoms with van der Waals surface area (Å²) in [7, 11) is -2.40. The smallest absolute Gasteiger partial charge is 0.241 e. The third-order valence-corrected chi connectivity index (χ3v) is 3.23. The molecule has 0 aliphatic carbocycles. The molecule has 2 rings (SSSR count). The predicted molar refractivity (Wildman–Crippen MR) is 62.1 cm³/mol. The molecule has 90 valence electrons. The van der Waals surface area contributed by atoms with Crippen LogP contribution < -0.4 is 9.88 Å². The molecule has 0 saturated heterocycles. The number of primary sulfonamides is 1. The van der Waals surface area contributed by atoms with E-state index in [-0.39, 0.29) is 10.6 Å². The molecule has 0 spiro atoms. The van der Waals surface area contributed by atoms with Gasteiger partial charge < -0.3 is 9.15 Å². The molecule has 0 atom stereocenters. The van der Waals surface area contributed by atoms with Crippen LogP contribution in [0.15, 0.2) is 45.9 Å². The fourth-order valence-electron chi connectivity index (χ4n) is 1.50. The zero-order chi connectivity index (χ0) is 12.5. The first kappa shape index (κ1) is 11.7. The van der Waals surface area contributed by atoms with E-state index < -0.39 is 10.0 Å². The van der Waals surface area contributed by atoms with Crippen LogP contribution in [0.5, 0.6) is 5.75 Å². The van der Waals surface area contributed by atoms with Gasteiger partial charge in [0.05, 0.1) is 13.4 Å². The average molecular weight is 253 g/mol. The molecule has 0 unspecified atom stereocenters. The molecule has 0 fully saturated rings. The Balaban J connectivity index is 2.56. The van der Waals surface area contributed by atoms with E-state index >= 15 is 0 Å². The first-order chi connectivity index (χ1) is 8.02. The summed E-state index contributed by atoms with van der Waals surface area (Å²) in [6, 6.07) is 8.09. The lowest BCUT2D eigenvalue weighted by Gasteiger charge is -2.07. The summed E-state index contributed by atoms with van der Waals surface area (Å²) in [6.45, 7) is 0. The molecule has 1 heterocycles. The highest BCUT2D eigenvalue weighted by atomic mass is 32.2. The van der Waals surface area contributed by atoms with Crippen LogP contribution in [0.4, 0.5) is 0 Å². The van der Waals surface area contributed by atoms with Crippen molar-refractivity contribution in [3.8, 4) is 17.1 Å². The van der Waals surface area contributed by atoms with Crippen molar-refractivity contribution in [1.82, 2.24) is 0 Å². The summed E-state index contributed by atoms with van der Waals surface area (Å²) in [4.78, 5) is -0.0460. The molecular weight excluding hydrogens is 242 g/mol. The first-order valence-corrected chi connectivity index (χ1v) is 6.32. The van der Waals surface area contributed by atoms with Crippen LogP contribution in [0.3, 0.4) is 0 Å². The summed E-state index contributed by atoms with van der Waals surface area (Å²) in [5.41, 5.74) is 0.722. The molecule has 2 aromatic rings. The topological polar surface area (TPSA) is 82.5 Å². The van der Waals surface area contributed by atoms with Crippen LogP contribution in [0, 0.1) is 0 Å². The fourth-order valence-corrected chi connectivity index (χ4v) is 2.18. The van der Waals surface area contributed by atoms with Gasteiger partial charge in [-0.3, -0.25) is 0 Å². The van der Waals surface area contributed by atoms with Crippen LogP contribution >= 0.6 is 0 Å². The predicted octanol–water partition coefficient (Wildman–Crippen LogP) is 1.60. The van der Waals surface area contributed by atoms with Gasteiger partial charge in [0.25, 0.3) is 0 Å². The summed E-state index contributed by atoms with van der Waals surface area (Å²) < 4.78 is 32.8. The number of sulfonamides is 1. The van der Waals surface area contributed by atoms with Crippen molar-refractivity contribution in [1.29, 1.82) is 0 Å². The van der Waals surface area contributed by atoms with Crippen LogP contribution in [0.25, 0.3) is 11.3 Å². The van der Waals surface area contributed by atoms with E-state index in [1.165, 1.54) is 19.4 Å². The van der Waals surface area contributed by atoms with Crippen molar-refractivity contribution in [2.75, 3.05) is 7.11 Å². The molecule has 0 aliphatic rings. The first-order valence-electron chi connectivity index (χ1n) is 4.77. The molecule has 1 aromatic carbocycles. The third-order valence-electron chi connectivity index (χ3n) is 2.28. The van der Waals surface area contributed by atoms with Crippen molar-refractivity contribution in [3.63, 3.8) is 0 Å². The minimum atomic E-state index is -3.79. The number of nitrogens with two attached hydrogens (primary N) is 1. The fraction of sp³-hybridized carbons (Fsp3) is 0.0909. The van der Waals surface area contributed by atoms with Crippen LogP contribution in [-0.4, -0.2) is 15.5 Å². The molecule has 0 radical (unpaired) electrons. The molecule has 0 saturated carbocycles. The molecule has 0 aliphatic heterocycles. The number of benzene rings is 1. The van der Waals surface area contributed by atoms with Crippen LogP contribution in [0.1, 0.15) is 0 Å². The van der Waals surface area contributed by atoms with Crippen LogP contribution in [0.2, 0.25) is 0 Å². The summed E-state index contributed by atoms with van der Waals surface area (Å²) in [5, 5.41) is 5.07. The molecule has 17 heavy (non-hydrogen) atoms. The van der Waals surface area contributed by atoms with E-state index in [0.29, 0.717) is 5.76 Å². The molecule has 0 bridgehead atoms. The van der Waals surface area contributed by atoms with Gasteiger partial charge in [0.15, 0.2) is 0 Å². The minimum absolute atomic E-state index is 0.0460. The monoisotopic (exact) mass is 253 g/mol.